The van der Waals surface area contributed by atoms with Gasteiger partial charge in [0.1, 0.15) is 5.75 Å². The van der Waals surface area contributed by atoms with Crippen LogP contribution in [0.15, 0.2) is 42.5 Å². The van der Waals surface area contributed by atoms with Crippen molar-refractivity contribution in [3.05, 3.63) is 53.6 Å². The van der Waals surface area contributed by atoms with Gasteiger partial charge in [-0.2, -0.15) is 0 Å². The molecule has 4 nitrogen and oxygen atoms in total. The smallest absolute Gasteiger partial charge is 0.268 e. The van der Waals surface area contributed by atoms with Crippen molar-refractivity contribution in [2.75, 3.05) is 10.6 Å². The van der Waals surface area contributed by atoms with Crippen LogP contribution in [0, 0.1) is 12.8 Å². The van der Waals surface area contributed by atoms with Crippen molar-refractivity contribution >= 4 is 17.3 Å². The van der Waals surface area contributed by atoms with Crippen LogP contribution in [0.2, 0.25) is 0 Å². The monoisotopic (exact) mass is 310 g/mol. The summed E-state index contributed by atoms with van der Waals surface area (Å²) in [6.07, 6.45) is -0.477. The highest BCUT2D eigenvalue weighted by Crippen LogP contribution is 2.37. The summed E-state index contributed by atoms with van der Waals surface area (Å²) in [5.41, 5.74) is 9.58. The fourth-order valence-electron chi connectivity index (χ4n) is 2.77. The van der Waals surface area contributed by atoms with Gasteiger partial charge < -0.3 is 15.4 Å². The molecule has 1 aliphatic rings. The third-order valence-electron chi connectivity index (χ3n) is 4.10. The average Bonchev–Trinajstić information content (AvgIpc) is 2.51. The molecule has 2 aromatic rings. The number of nitrogens with two attached hydrogens (primary N) is 1. The number of benzene rings is 2. The minimum Gasteiger partial charge on any atom is -0.478 e. The number of nitrogens with zero attached hydrogens (tertiary/aromatic N) is 1. The molecule has 0 bridgehead atoms. The van der Waals surface area contributed by atoms with E-state index < -0.39 is 6.10 Å². The summed E-state index contributed by atoms with van der Waals surface area (Å²) in [5.74, 6) is 0.769. The number of rotatable bonds is 3. The molecule has 0 fully saturated rings. The summed E-state index contributed by atoms with van der Waals surface area (Å²) >= 11 is 0. The van der Waals surface area contributed by atoms with E-state index >= 15 is 0 Å². The number of aryl methyl sites for hydroxylation is 1. The third-order valence-corrected chi connectivity index (χ3v) is 4.10. The Morgan fingerprint density at radius 2 is 1.87 bits per heavy atom. The summed E-state index contributed by atoms with van der Waals surface area (Å²) in [7, 11) is 0. The zero-order valence-electron chi connectivity index (χ0n) is 13.7. The second kappa shape index (κ2) is 5.95. The van der Waals surface area contributed by atoms with Crippen molar-refractivity contribution in [3.63, 3.8) is 0 Å². The molecular formula is C19H22N2O2. The number of fused-ring (bicyclic) bond motifs is 1. The first kappa shape index (κ1) is 15.4. The Morgan fingerprint density at radius 1 is 1.17 bits per heavy atom. The van der Waals surface area contributed by atoms with Crippen molar-refractivity contribution in [1.82, 2.24) is 0 Å². The molecule has 3 rings (SSSR count). The van der Waals surface area contributed by atoms with Gasteiger partial charge in [0.2, 0.25) is 0 Å². The van der Waals surface area contributed by atoms with Crippen molar-refractivity contribution < 1.29 is 9.53 Å². The Kier molecular flexibility index (Phi) is 3.99. The molecular weight excluding hydrogens is 288 g/mol. The molecule has 0 radical (unpaired) electrons. The van der Waals surface area contributed by atoms with Crippen LogP contribution in [0.4, 0.5) is 11.4 Å². The van der Waals surface area contributed by atoms with E-state index in [-0.39, 0.29) is 11.8 Å². The number of hydrogen-bond acceptors (Lipinski definition) is 3. The predicted octanol–water partition coefficient (Wildman–Crippen LogP) is 3.53. The van der Waals surface area contributed by atoms with E-state index in [1.54, 1.807) is 17.0 Å². The van der Waals surface area contributed by atoms with Crippen LogP contribution in [-0.2, 0) is 11.3 Å². The number of amides is 1. The Hall–Kier alpha value is -2.49. The Morgan fingerprint density at radius 3 is 2.52 bits per heavy atom. The van der Waals surface area contributed by atoms with Crippen LogP contribution >= 0.6 is 0 Å². The number of hydrogen-bond donors (Lipinski definition) is 1. The molecule has 0 saturated heterocycles. The molecule has 4 heteroatoms. The first-order valence-corrected chi connectivity index (χ1v) is 7.89. The molecule has 120 valence electrons. The highest BCUT2D eigenvalue weighted by molar-refractivity contribution is 6.00. The quantitative estimate of drug-likeness (QED) is 0.882. The lowest BCUT2D eigenvalue weighted by atomic mass is 10.0. The second-order valence-electron chi connectivity index (χ2n) is 6.42. The van der Waals surface area contributed by atoms with E-state index in [0.717, 1.165) is 11.3 Å². The van der Waals surface area contributed by atoms with E-state index in [2.05, 4.69) is 31.2 Å². The van der Waals surface area contributed by atoms with E-state index in [1.165, 1.54) is 5.56 Å². The number of nitrogen functional groups attached to an aromatic ring is 1. The molecule has 0 saturated carbocycles. The Labute approximate surface area is 136 Å². The highest BCUT2D eigenvalue weighted by Gasteiger charge is 2.36. The van der Waals surface area contributed by atoms with Gasteiger partial charge >= 0.3 is 0 Å². The molecule has 2 aromatic carbocycles. The standard InChI is InChI=1S/C19H22N2O2/c1-12(2)18-19(22)21(11-14-6-4-13(3)5-7-14)16-9-8-15(20)10-17(16)23-18/h4-10,12,18H,11,20H2,1-3H3. The van der Waals surface area contributed by atoms with Gasteiger partial charge in [0.15, 0.2) is 6.10 Å². The summed E-state index contributed by atoms with van der Waals surface area (Å²) in [4.78, 5) is 14.7. The summed E-state index contributed by atoms with van der Waals surface area (Å²) in [5, 5.41) is 0. The van der Waals surface area contributed by atoms with Crippen LogP contribution in [-0.4, -0.2) is 12.0 Å². The van der Waals surface area contributed by atoms with Crippen LogP contribution in [0.3, 0.4) is 0 Å². The predicted molar refractivity (Wildman–Crippen MR) is 92.5 cm³/mol. The van der Waals surface area contributed by atoms with E-state index in [4.69, 9.17) is 10.5 Å². The van der Waals surface area contributed by atoms with Crippen molar-refractivity contribution in [3.8, 4) is 5.75 Å². The lowest BCUT2D eigenvalue weighted by Gasteiger charge is -2.36. The highest BCUT2D eigenvalue weighted by atomic mass is 16.5. The van der Waals surface area contributed by atoms with Gasteiger partial charge in [0, 0.05) is 11.8 Å². The zero-order chi connectivity index (χ0) is 16.6. The lowest BCUT2D eigenvalue weighted by molar-refractivity contribution is -0.128. The lowest BCUT2D eigenvalue weighted by Crippen LogP contribution is -2.48. The molecule has 1 atom stereocenters. The molecule has 1 aliphatic heterocycles. The number of anilines is 2. The third kappa shape index (κ3) is 3.02. The first-order valence-electron chi connectivity index (χ1n) is 7.89. The van der Waals surface area contributed by atoms with Gasteiger partial charge in [-0.1, -0.05) is 43.7 Å². The fraction of sp³-hybridized carbons (Fsp3) is 0.316. The van der Waals surface area contributed by atoms with Gasteiger partial charge in [-0.25, -0.2) is 0 Å². The topological polar surface area (TPSA) is 55.6 Å². The zero-order valence-corrected chi connectivity index (χ0v) is 13.7. The van der Waals surface area contributed by atoms with Gasteiger partial charge in [0.25, 0.3) is 5.91 Å². The number of carbonyl (C=O) groups is 1. The number of ether oxygens (including phenoxy) is 1. The van der Waals surface area contributed by atoms with Gasteiger partial charge in [-0.05, 0) is 30.5 Å². The normalized spacial score (nSPS) is 17.1. The van der Waals surface area contributed by atoms with E-state index in [0.29, 0.717) is 18.0 Å². The maximum atomic E-state index is 12.9. The summed E-state index contributed by atoms with van der Waals surface area (Å²) in [6.45, 7) is 6.56. The molecule has 23 heavy (non-hydrogen) atoms. The minimum atomic E-state index is -0.477. The van der Waals surface area contributed by atoms with Crippen LogP contribution in [0.25, 0.3) is 0 Å². The second-order valence-corrected chi connectivity index (χ2v) is 6.42. The molecule has 1 unspecified atom stereocenters. The molecule has 0 aromatic heterocycles. The van der Waals surface area contributed by atoms with Crippen LogP contribution < -0.4 is 15.4 Å². The minimum absolute atomic E-state index is 0.00199. The number of carbonyl (C=O) groups excluding carboxylic acids is 1. The Bertz CT molecular complexity index is 723. The van der Waals surface area contributed by atoms with Gasteiger partial charge in [-0.3, -0.25) is 4.79 Å². The molecule has 1 heterocycles. The maximum absolute atomic E-state index is 12.9. The maximum Gasteiger partial charge on any atom is 0.268 e. The molecule has 0 aliphatic carbocycles. The van der Waals surface area contributed by atoms with Gasteiger partial charge in [-0.15, -0.1) is 0 Å². The largest absolute Gasteiger partial charge is 0.478 e. The summed E-state index contributed by atoms with van der Waals surface area (Å²) < 4.78 is 5.90. The molecule has 1 amide bonds. The van der Waals surface area contributed by atoms with Crippen LogP contribution in [0.1, 0.15) is 25.0 Å². The molecule has 0 spiro atoms. The van der Waals surface area contributed by atoms with E-state index in [9.17, 15) is 4.79 Å². The SMILES string of the molecule is Cc1ccc(CN2C(=O)C(C(C)C)Oc3cc(N)ccc32)cc1. The van der Waals surface area contributed by atoms with Crippen LogP contribution in [0.5, 0.6) is 5.75 Å². The molecule has 2 N–H and O–H groups in total. The first-order chi connectivity index (χ1) is 11.0. The van der Waals surface area contributed by atoms with Gasteiger partial charge in [0.05, 0.1) is 12.2 Å². The van der Waals surface area contributed by atoms with Crippen molar-refractivity contribution in [2.45, 2.75) is 33.4 Å². The fourth-order valence-corrected chi connectivity index (χ4v) is 2.77. The van der Waals surface area contributed by atoms with Crippen molar-refractivity contribution in [2.24, 2.45) is 5.92 Å². The average molecular weight is 310 g/mol. The summed E-state index contributed by atoms with van der Waals surface area (Å²) in [6, 6.07) is 13.7. The Balaban J connectivity index is 1.99. The van der Waals surface area contributed by atoms with E-state index in [1.807, 2.05) is 19.9 Å². The van der Waals surface area contributed by atoms with Crippen molar-refractivity contribution in [1.29, 1.82) is 0 Å².